The van der Waals surface area contributed by atoms with Crippen LogP contribution in [0.4, 0.5) is 4.79 Å². The van der Waals surface area contributed by atoms with Crippen molar-refractivity contribution >= 4 is 11.9 Å². The molecule has 1 fully saturated rings. The van der Waals surface area contributed by atoms with Crippen LogP contribution in [0.25, 0.3) is 0 Å². The minimum Gasteiger partial charge on any atom is -0.444 e. The number of carbonyl (C=O) groups excluding carboxylic acids is 2. The Bertz CT molecular complexity index is 560. The molecule has 1 aromatic rings. The van der Waals surface area contributed by atoms with Crippen LogP contribution in [0, 0.1) is 12.8 Å². The predicted molar refractivity (Wildman–Crippen MR) is 85.8 cm³/mol. The third-order valence-corrected chi connectivity index (χ3v) is 3.76. The number of aryl methyl sites for hydroxylation is 1. The predicted octanol–water partition coefficient (Wildman–Crippen LogP) is 3.36. The van der Waals surface area contributed by atoms with E-state index in [0.29, 0.717) is 19.5 Å². The number of hydrogen-bond donors (Lipinski definition) is 0. The van der Waals surface area contributed by atoms with E-state index in [9.17, 15) is 9.59 Å². The molecular weight excluding hydrogens is 278 g/mol. The van der Waals surface area contributed by atoms with Crippen LogP contribution in [0.3, 0.4) is 0 Å². The lowest BCUT2D eigenvalue weighted by Gasteiger charge is -2.24. The van der Waals surface area contributed by atoms with Crippen LogP contribution >= 0.6 is 0 Å². The first-order valence-electron chi connectivity index (χ1n) is 7.81. The van der Waals surface area contributed by atoms with Gasteiger partial charge in [-0.1, -0.05) is 29.8 Å². The molecule has 0 aliphatic carbocycles. The molecule has 22 heavy (non-hydrogen) atoms. The van der Waals surface area contributed by atoms with E-state index in [1.807, 2.05) is 52.0 Å². The third-order valence-electron chi connectivity index (χ3n) is 3.76. The zero-order valence-corrected chi connectivity index (χ0v) is 13.9. The van der Waals surface area contributed by atoms with Crippen molar-refractivity contribution in [2.45, 2.75) is 46.1 Å². The van der Waals surface area contributed by atoms with E-state index in [2.05, 4.69) is 0 Å². The fraction of sp³-hybridized carbons (Fsp3) is 0.556. The van der Waals surface area contributed by atoms with Crippen LogP contribution < -0.4 is 0 Å². The highest BCUT2D eigenvalue weighted by atomic mass is 16.6. The number of Topliss-reactive ketones (excluding diaryl/α,β-unsaturated/α-hetero) is 1. The number of benzene rings is 1. The fourth-order valence-corrected chi connectivity index (χ4v) is 2.68. The zero-order valence-electron chi connectivity index (χ0n) is 13.9. The number of ether oxygens (including phenoxy) is 1. The van der Waals surface area contributed by atoms with Gasteiger partial charge in [-0.2, -0.15) is 0 Å². The highest BCUT2D eigenvalue weighted by Crippen LogP contribution is 2.21. The average Bonchev–Trinajstić information content (AvgIpc) is 2.86. The normalized spacial score (nSPS) is 18.4. The Morgan fingerprint density at radius 1 is 1.32 bits per heavy atom. The molecule has 1 aliphatic rings. The van der Waals surface area contributed by atoms with Crippen LogP contribution in [0.1, 0.15) is 38.3 Å². The van der Waals surface area contributed by atoms with Gasteiger partial charge in [0, 0.05) is 25.4 Å². The van der Waals surface area contributed by atoms with Crippen molar-refractivity contribution in [3.8, 4) is 0 Å². The molecule has 0 radical (unpaired) electrons. The summed E-state index contributed by atoms with van der Waals surface area (Å²) < 4.78 is 5.36. The van der Waals surface area contributed by atoms with Crippen molar-refractivity contribution in [1.82, 2.24) is 4.90 Å². The van der Waals surface area contributed by atoms with Gasteiger partial charge in [0.05, 0.1) is 0 Å². The monoisotopic (exact) mass is 303 g/mol. The maximum absolute atomic E-state index is 12.4. The molecule has 120 valence electrons. The highest BCUT2D eigenvalue weighted by Gasteiger charge is 2.33. The lowest BCUT2D eigenvalue weighted by Crippen LogP contribution is -2.36. The van der Waals surface area contributed by atoms with Crippen molar-refractivity contribution < 1.29 is 14.3 Å². The molecule has 1 unspecified atom stereocenters. The average molecular weight is 303 g/mol. The number of rotatable bonds is 3. The molecular formula is C18H25NO3. The highest BCUT2D eigenvalue weighted by molar-refractivity contribution is 5.84. The van der Waals surface area contributed by atoms with Crippen LogP contribution in [-0.2, 0) is 16.0 Å². The summed E-state index contributed by atoms with van der Waals surface area (Å²) in [5.74, 6) is 0.129. The van der Waals surface area contributed by atoms with Crippen molar-refractivity contribution in [1.29, 1.82) is 0 Å². The minimum absolute atomic E-state index is 0.0759. The van der Waals surface area contributed by atoms with Gasteiger partial charge in [0.2, 0.25) is 0 Å². The minimum atomic E-state index is -0.499. The summed E-state index contributed by atoms with van der Waals surface area (Å²) in [6.07, 6.45) is 0.844. The molecule has 4 heteroatoms. The lowest BCUT2D eigenvalue weighted by atomic mass is 9.96. The molecule has 1 aliphatic heterocycles. The first-order chi connectivity index (χ1) is 10.2. The van der Waals surface area contributed by atoms with Crippen LogP contribution in [0.2, 0.25) is 0 Å². The van der Waals surface area contributed by atoms with E-state index in [4.69, 9.17) is 4.74 Å². The van der Waals surface area contributed by atoms with Crippen molar-refractivity contribution in [2.75, 3.05) is 13.1 Å². The first kappa shape index (κ1) is 16.5. The molecule has 1 aromatic carbocycles. The molecule has 0 saturated carbocycles. The van der Waals surface area contributed by atoms with Crippen LogP contribution in [-0.4, -0.2) is 35.5 Å². The topological polar surface area (TPSA) is 46.6 Å². The summed E-state index contributed by atoms with van der Waals surface area (Å²) in [6, 6.07) is 8.01. The quantitative estimate of drug-likeness (QED) is 0.860. The summed E-state index contributed by atoms with van der Waals surface area (Å²) in [6.45, 7) is 8.64. The van der Waals surface area contributed by atoms with Gasteiger partial charge in [0.25, 0.3) is 0 Å². The Morgan fingerprint density at radius 3 is 2.68 bits per heavy atom. The SMILES string of the molecule is Cc1cccc(CC(=O)C2CCN(C(=O)OC(C)(C)C)C2)c1. The maximum Gasteiger partial charge on any atom is 0.410 e. The zero-order chi connectivity index (χ0) is 16.3. The molecule has 0 N–H and O–H groups in total. The van der Waals surface area contributed by atoms with E-state index in [1.165, 1.54) is 0 Å². The van der Waals surface area contributed by atoms with E-state index in [0.717, 1.165) is 17.5 Å². The second-order valence-corrected chi connectivity index (χ2v) is 7.04. The van der Waals surface area contributed by atoms with E-state index in [-0.39, 0.29) is 17.8 Å². The summed E-state index contributed by atoms with van der Waals surface area (Å²) in [5.41, 5.74) is 1.70. The molecule has 4 nitrogen and oxygen atoms in total. The summed E-state index contributed by atoms with van der Waals surface area (Å²) in [4.78, 5) is 26.1. The van der Waals surface area contributed by atoms with Crippen LogP contribution in [0.15, 0.2) is 24.3 Å². The largest absolute Gasteiger partial charge is 0.444 e. The van der Waals surface area contributed by atoms with Crippen molar-refractivity contribution in [3.63, 3.8) is 0 Å². The fourth-order valence-electron chi connectivity index (χ4n) is 2.68. The molecule has 0 spiro atoms. The number of amides is 1. The third kappa shape index (κ3) is 4.58. The molecule has 0 bridgehead atoms. The van der Waals surface area contributed by atoms with Crippen molar-refractivity contribution in [3.05, 3.63) is 35.4 Å². The van der Waals surface area contributed by atoms with Gasteiger partial charge in [0.1, 0.15) is 11.4 Å². The number of nitrogens with zero attached hydrogens (tertiary/aromatic N) is 1. The molecule has 1 saturated heterocycles. The van der Waals surface area contributed by atoms with E-state index >= 15 is 0 Å². The Labute approximate surface area is 132 Å². The van der Waals surface area contributed by atoms with Gasteiger partial charge in [-0.05, 0) is 39.7 Å². The second-order valence-electron chi connectivity index (χ2n) is 7.04. The number of ketones is 1. The Balaban J connectivity index is 1.90. The molecule has 2 rings (SSSR count). The molecule has 1 atom stereocenters. The standard InChI is InChI=1S/C18H25NO3/c1-13-6-5-7-14(10-13)11-16(20)15-8-9-19(12-15)17(21)22-18(2,3)4/h5-7,10,15H,8-9,11-12H2,1-4H3. The molecule has 1 amide bonds. The van der Waals surface area contributed by atoms with Gasteiger partial charge in [-0.15, -0.1) is 0 Å². The summed E-state index contributed by atoms with van der Waals surface area (Å²) in [5, 5.41) is 0. The maximum atomic E-state index is 12.4. The molecule has 1 heterocycles. The van der Waals surface area contributed by atoms with E-state index < -0.39 is 5.60 Å². The van der Waals surface area contributed by atoms with Gasteiger partial charge in [-0.3, -0.25) is 4.79 Å². The van der Waals surface area contributed by atoms with Crippen LogP contribution in [0.5, 0.6) is 0 Å². The summed E-state index contributed by atoms with van der Waals surface area (Å²) in [7, 11) is 0. The number of likely N-dealkylation sites (tertiary alicyclic amines) is 1. The second kappa shape index (κ2) is 6.51. The Kier molecular flexibility index (Phi) is 4.89. The molecule has 0 aromatic heterocycles. The van der Waals surface area contributed by atoms with E-state index in [1.54, 1.807) is 4.90 Å². The number of carbonyl (C=O) groups is 2. The van der Waals surface area contributed by atoms with Gasteiger partial charge < -0.3 is 9.64 Å². The Morgan fingerprint density at radius 2 is 2.05 bits per heavy atom. The van der Waals surface area contributed by atoms with Gasteiger partial charge in [0.15, 0.2) is 0 Å². The van der Waals surface area contributed by atoms with Gasteiger partial charge >= 0.3 is 6.09 Å². The van der Waals surface area contributed by atoms with Crippen molar-refractivity contribution in [2.24, 2.45) is 5.92 Å². The first-order valence-corrected chi connectivity index (χ1v) is 7.81. The van der Waals surface area contributed by atoms with Gasteiger partial charge in [-0.25, -0.2) is 4.79 Å². The number of hydrogen-bond acceptors (Lipinski definition) is 3. The Hall–Kier alpha value is -1.84. The summed E-state index contributed by atoms with van der Waals surface area (Å²) >= 11 is 0. The smallest absolute Gasteiger partial charge is 0.410 e. The lowest BCUT2D eigenvalue weighted by molar-refractivity contribution is -0.121.